The molecule has 0 saturated heterocycles. The number of hydrogen-bond donors (Lipinski definition) is 0. The number of aromatic nitrogens is 2. The summed E-state index contributed by atoms with van der Waals surface area (Å²) >= 11 is 0. The quantitative estimate of drug-likeness (QED) is 0.609. The average molecular weight is 361 g/mol. The molecule has 2 rings (SSSR count). The van der Waals surface area contributed by atoms with E-state index >= 15 is 0 Å². The summed E-state index contributed by atoms with van der Waals surface area (Å²) in [6, 6.07) is 2.91. The zero-order chi connectivity index (χ0) is 19.0. The monoisotopic (exact) mass is 360 g/mol. The normalized spacial score (nSPS) is 12.2. The van der Waals surface area contributed by atoms with Crippen molar-refractivity contribution in [2.24, 2.45) is 0 Å². The lowest BCUT2D eigenvalue weighted by molar-refractivity contribution is 0.212. The van der Waals surface area contributed by atoms with E-state index in [0.717, 1.165) is 0 Å². The highest BCUT2D eigenvalue weighted by atomic mass is 28.4. The average Bonchev–Trinajstić information content (AvgIpc) is 2.50. The molecule has 0 aliphatic carbocycles. The molecular weight excluding hydrogens is 335 g/mol. The molecule has 0 radical (unpaired) electrons. The van der Waals surface area contributed by atoms with Gasteiger partial charge in [0.05, 0.1) is 5.56 Å². The second-order valence-electron chi connectivity index (χ2n) is 7.63. The van der Waals surface area contributed by atoms with E-state index in [0.29, 0.717) is 16.8 Å². The van der Waals surface area contributed by atoms with Crippen molar-refractivity contribution in [3.05, 3.63) is 39.6 Å². The second-order valence-corrected chi connectivity index (χ2v) is 12.4. The van der Waals surface area contributed by atoms with Crippen LogP contribution >= 0.6 is 0 Å². The Kier molecular flexibility index (Phi) is 5.21. The zero-order valence-corrected chi connectivity index (χ0v) is 17.0. The van der Waals surface area contributed by atoms with Crippen molar-refractivity contribution in [2.45, 2.75) is 59.5 Å². The third-order valence-corrected chi connectivity index (χ3v) is 9.29. The maximum Gasteiger partial charge on any atom is 0.274 e. The molecule has 0 bridgehead atoms. The molecule has 1 aromatic heterocycles. The molecule has 0 saturated carbocycles. The first-order chi connectivity index (χ1) is 11.5. The van der Waals surface area contributed by atoms with Crippen molar-refractivity contribution in [2.75, 3.05) is 0 Å². The number of aryl methyl sites for hydroxylation is 1. The first-order valence-electron chi connectivity index (χ1n) is 8.26. The summed E-state index contributed by atoms with van der Waals surface area (Å²) < 4.78 is 22.0. The van der Waals surface area contributed by atoms with Crippen LogP contribution in [0.25, 0.3) is 11.0 Å². The Labute approximate surface area is 149 Å². The fraction of sp³-hybridized carbons (Fsp3) is 0.474. The van der Waals surface area contributed by atoms with E-state index in [9.17, 15) is 9.18 Å². The van der Waals surface area contributed by atoms with Crippen LogP contribution < -0.4 is 5.56 Å². The van der Waals surface area contributed by atoms with Crippen molar-refractivity contribution < 1.29 is 8.82 Å². The molecule has 0 aliphatic heterocycles. The summed E-state index contributed by atoms with van der Waals surface area (Å²) in [6.45, 7) is 13.9. The van der Waals surface area contributed by atoms with Crippen molar-refractivity contribution in [1.82, 2.24) is 9.55 Å². The summed E-state index contributed by atoms with van der Waals surface area (Å²) in [5.74, 6) is 5.22. The predicted molar refractivity (Wildman–Crippen MR) is 102 cm³/mol. The topological polar surface area (TPSA) is 44.1 Å². The lowest BCUT2D eigenvalue weighted by Crippen LogP contribution is -2.42. The Morgan fingerprint density at radius 3 is 2.52 bits per heavy atom. The third-order valence-electron chi connectivity index (χ3n) is 4.83. The standard InChI is InChI=1S/C19H25FN2O2Si/c1-8-9-14-10-11-15(20)17-16(14)21-13(2)18(23)22(17)12-24-25(6,7)19(3,4)5/h10-11H,12H2,1-7H3. The number of rotatable bonds is 3. The van der Waals surface area contributed by atoms with Crippen LogP contribution in [-0.2, 0) is 11.2 Å². The largest absolute Gasteiger partial charge is 0.399 e. The SMILES string of the molecule is CC#Cc1ccc(F)c2c1nc(C)c(=O)n2CO[Si](C)(C)C(C)(C)C. The Balaban J connectivity index is 2.67. The van der Waals surface area contributed by atoms with Crippen LogP contribution in [0, 0.1) is 24.6 Å². The van der Waals surface area contributed by atoms with Crippen LogP contribution in [0.2, 0.25) is 18.1 Å². The molecule has 0 N–H and O–H groups in total. The molecule has 0 atom stereocenters. The molecule has 1 aromatic carbocycles. The van der Waals surface area contributed by atoms with Crippen molar-refractivity contribution >= 4 is 19.4 Å². The van der Waals surface area contributed by atoms with E-state index in [1.54, 1.807) is 19.9 Å². The molecule has 134 valence electrons. The maximum atomic E-state index is 14.5. The van der Waals surface area contributed by atoms with Gasteiger partial charge in [0.2, 0.25) is 0 Å². The summed E-state index contributed by atoms with van der Waals surface area (Å²) in [4.78, 5) is 16.9. The van der Waals surface area contributed by atoms with E-state index in [-0.39, 0.29) is 22.8 Å². The molecular formula is C19H25FN2O2Si. The minimum Gasteiger partial charge on any atom is -0.399 e. The highest BCUT2D eigenvalue weighted by Crippen LogP contribution is 2.36. The van der Waals surface area contributed by atoms with E-state index in [1.165, 1.54) is 10.6 Å². The van der Waals surface area contributed by atoms with E-state index < -0.39 is 14.1 Å². The van der Waals surface area contributed by atoms with Gasteiger partial charge in [0, 0.05) is 0 Å². The Bertz CT molecular complexity index is 931. The van der Waals surface area contributed by atoms with Gasteiger partial charge < -0.3 is 4.43 Å². The van der Waals surface area contributed by atoms with Crippen LogP contribution in [0.3, 0.4) is 0 Å². The van der Waals surface area contributed by atoms with Gasteiger partial charge in [-0.2, -0.15) is 0 Å². The minimum absolute atomic E-state index is 0.00806. The first-order valence-corrected chi connectivity index (χ1v) is 11.2. The second kappa shape index (κ2) is 6.73. The lowest BCUT2D eigenvalue weighted by atomic mass is 10.1. The number of halogens is 1. The summed E-state index contributed by atoms with van der Waals surface area (Å²) in [5.41, 5.74) is 1.10. The Morgan fingerprint density at radius 2 is 1.96 bits per heavy atom. The number of nitrogens with zero attached hydrogens (tertiary/aromatic N) is 2. The van der Waals surface area contributed by atoms with Crippen molar-refractivity contribution in [3.8, 4) is 11.8 Å². The van der Waals surface area contributed by atoms with E-state index in [2.05, 4.69) is 50.7 Å². The molecule has 0 unspecified atom stereocenters. The van der Waals surface area contributed by atoms with Crippen LogP contribution in [0.4, 0.5) is 4.39 Å². The number of fused-ring (bicyclic) bond motifs is 1. The van der Waals surface area contributed by atoms with Gasteiger partial charge in [0.15, 0.2) is 8.32 Å². The van der Waals surface area contributed by atoms with Gasteiger partial charge in [-0.05, 0) is 44.1 Å². The van der Waals surface area contributed by atoms with Crippen molar-refractivity contribution in [3.63, 3.8) is 0 Å². The van der Waals surface area contributed by atoms with Crippen LogP contribution in [0.5, 0.6) is 0 Å². The molecule has 1 heterocycles. The molecule has 0 spiro atoms. The van der Waals surface area contributed by atoms with Gasteiger partial charge in [-0.15, -0.1) is 5.92 Å². The lowest BCUT2D eigenvalue weighted by Gasteiger charge is -2.36. The number of benzene rings is 1. The Hall–Kier alpha value is -1.97. The zero-order valence-electron chi connectivity index (χ0n) is 16.0. The number of hydrogen-bond acceptors (Lipinski definition) is 3. The van der Waals surface area contributed by atoms with Crippen LogP contribution in [0.1, 0.15) is 39.0 Å². The highest BCUT2D eigenvalue weighted by molar-refractivity contribution is 6.74. The first kappa shape index (κ1) is 19.4. The van der Waals surface area contributed by atoms with Gasteiger partial charge in [-0.1, -0.05) is 26.7 Å². The summed E-state index contributed by atoms with van der Waals surface area (Å²) in [5, 5.41) is -0.00806. The van der Waals surface area contributed by atoms with E-state index in [1.807, 2.05) is 0 Å². The molecule has 0 aliphatic rings. The van der Waals surface area contributed by atoms with Gasteiger partial charge in [0.25, 0.3) is 5.56 Å². The van der Waals surface area contributed by atoms with Crippen LogP contribution in [-0.4, -0.2) is 17.9 Å². The molecule has 25 heavy (non-hydrogen) atoms. The summed E-state index contributed by atoms with van der Waals surface area (Å²) in [6.07, 6.45) is 0. The van der Waals surface area contributed by atoms with Gasteiger partial charge in [0.1, 0.15) is 29.3 Å². The Morgan fingerprint density at radius 1 is 1.32 bits per heavy atom. The molecule has 0 amide bonds. The van der Waals surface area contributed by atoms with Gasteiger partial charge in [-0.25, -0.2) is 9.37 Å². The fourth-order valence-corrected chi connectivity index (χ4v) is 3.12. The molecule has 6 heteroatoms. The predicted octanol–water partition coefficient (Wildman–Crippen LogP) is 4.19. The fourth-order valence-electron chi connectivity index (χ4n) is 2.24. The smallest absolute Gasteiger partial charge is 0.274 e. The third kappa shape index (κ3) is 3.68. The summed E-state index contributed by atoms with van der Waals surface area (Å²) in [7, 11) is -2.09. The van der Waals surface area contributed by atoms with Gasteiger partial charge >= 0.3 is 0 Å². The minimum atomic E-state index is -2.09. The molecule has 2 aromatic rings. The van der Waals surface area contributed by atoms with Crippen LogP contribution in [0.15, 0.2) is 16.9 Å². The molecule has 0 fully saturated rings. The van der Waals surface area contributed by atoms with E-state index in [4.69, 9.17) is 4.43 Å². The maximum absolute atomic E-state index is 14.5. The molecule has 4 nitrogen and oxygen atoms in total. The van der Waals surface area contributed by atoms with Crippen molar-refractivity contribution in [1.29, 1.82) is 0 Å². The van der Waals surface area contributed by atoms with Gasteiger partial charge in [-0.3, -0.25) is 9.36 Å². The highest BCUT2D eigenvalue weighted by Gasteiger charge is 2.37.